The molecule has 0 saturated carbocycles. The number of aliphatic hydroxyl groups is 39. The molecule has 0 aliphatic carbocycles. The minimum atomic E-state index is -1.57. The van der Waals surface area contributed by atoms with Gasteiger partial charge in [-0.1, -0.05) is 0 Å². The largest absolute Gasteiger partial charge is 0.394 e. The molecule has 576 valence electrons. The molecule has 8 fully saturated rings. The van der Waals surface area contributed by atoms with Gasteiger partial charge in [-0.3, -0.25) is 0 Å². The first-order valence-electron chi connectivity index (χ1n) is 28.8. The zero-order chi connectivity index (χ0) is 74.4. The number of aliphatic hydroxyl groups excluding tert-OH is 39. The molecule has 0 spiro atoms. The van der Waals surface area contributed by atoms with E-state index in [1.807, 2.05) is 0 Å². The van der Waals surface area contributed by atoms with E-state index in [0.717, 1.165) is 0 Å². The minimum Gasteiger partial charge on any atom is -0.394 e. The molecule has 39 N–H and O–H groups in total. The van der Waals surface area contributed by atoms with Gasteiger partial charge in [0.05, 0.1) is 59.0 Å². The second kappa shape index (κ2) is 43.9. The average Bonchev–Trinajstić information content (AvgIpc) is 1.02. The van der Waals surface area contributed by atoms with Crippen LogP contribution in [0.1, 0.15) is 6.92 Å². The molecule has 8 heterocycles. The highest BCUT2D eigenvalue weighted by Gasteiger charge is 2.49. The second-order valence-electron chi connectivity index (χ2n) is 22.1. The van der Waals surface area contributed by atoms with Gasteiger partial charge in [-0.15, -0.1) is 0 Å². The van der Waals surface area contributed by atoms with E-state index in [4.69, 9.17) is 189 Å². The van der Waals surface area contributed by atoms with Crippen LogP contribution in [0.4, 0.5) is 0 Å². The van der Waals surface area contributed by atoms with Crippen molar-refractivity contribution < 1.29 is 237 Å². The first kappa shape index (κ1) is 92.1. The lowest BCUT2D eigenvalue weighted by atomic mass is 9.96. The summed E-state index contributed by atoms with van der Waals surface area (Å²) in [6.07, 6.45) is -54.2. The smallest absolute Gasteiger partial charge is 0.184 e. The molecule has 8 aliphatic rings. The zero-order valence-corrected chi connectivity index (χ0v) is 50.5. The summed E-state index contributed by atoms with van der Waals surface area (Å²) in [6, 6.07) is 0. The minimum absolute atomic E-state index is 0.366. The van der Waals surface area contributed by atoms with E-state index in [-0.39, 0.29) is 6.61 Å². The van der Waals surface area contributed by atoms with E-state index in [9.17, 15) is 15.3 Å². The van der Waals surface area contributed by atoms with Crippen LogP contribution >= 0.6 is 0 Å². The Morgan fingerprint density at radius 1 is 0.146 bits per heavy atom. The van der Waals surface area contributed by atoms with Crippen LogP contribution in [0.25, 0.3) is 0 Å². The van der Waals surface area contributed by atoms with Crippen LogP contribution in [0.3, 0.4) is 0 Å². The normalized spacial score (nSPS) is 49.2. The molecule has 0 bridgehead atoms. The summed E-state index contributed by atoms with van der Waals surface area (Å²) >= 11 is 0. The van der Waals surface area contributed by atoms with Crippen molar-refractivity contribution in [1.29, 1.82) is 0 Å². The first-order chi connectivity index (χ1) is 44.6. The van der Waals surface area contributed by atoms with Crippen molar-refractivity contribution >= 4 is 0 Å². The highest BCUT2D eigenvalue weighted by molar-refractivity contribution is 4.94. The highest BCUT2D eigenvalue weighted by Crippen LogP contribution is 2.26. The van der Waals surface area contributed by atoms with Crippen LogP contribution in [0.2, 0.25) is 0 Å². The molecular weight excluding hydrogens is 1340 g/mol. The van der Waals surface area contributed by atoms with Gasteiger partial charge >= 0.3 is 0 Å². The number of rotatable bonds is 8. The van der Waals surface area contributed by atoms with Crippen LogP contribution in [-0.4, -0.2) is 497 Å². The van der Waals surface area contributed by atoms with Gasteiger partial charge < -0.3 is 237 Å². The van der Waals surface area contributed by atoms with Crippen LogP contribution < -0.4 is 0 Å². The summed E-state index contributed by atoms with van der Waals surface area (Å²) in [6.45, 7) is -2.47. The maximum Gasteiger partial charge on any atom is 0.184 e. The average molecular weight is 1440 g/mol. The maximum atomic E-state index is 9.23. The van der Waals surface area contributed by atoms with Crippen LogP contribution in [0.5, 0.6) is 0 Å². The van der Waals surface area contributed by atoms with Gasteiger partial charge in [-0.25, -0.2) is 0 Å². The van der Waals surface area contributed by atoms with Crippen molar-refractivity contribution in [3.63, 3.8) is 0 Å². The fourth-order valence-corrected chi connectivity index (χ4v) is 8.86. The molecule has 8 aliphatic heterocycles. The fourth-order valence-electron chi connectivity index (χ4n) is 8.86. The molecule has 47 nitrogen and oxygen atoms in total. The highest BCUT2D eigenvalue weighted by atomic mass is 16.7. The third-order valence-corrected chi connectivity index (χ3v) is 15.2. The van der Waals surface area contributed by atoms with E-state index in [1.165, 1.54) is 0 Å². The van der Waals surface area contributed by atoms with Crippen molar-refractivity contribution in [1.82, 2.24) is 0 Å². The lowest BCUT2D eigenvalue weighted by Crippen LogP contribution is -2.58. The van der Waals surface area contributed by atoms with E-state index >= 15 is 0 Å². The van der Waals surface area contributed by atoms with Gasteiger partial charge in [0.25, 0.3) is 0 Å². The van der Waals surface area contributed by atoms with Crippen molar-refractivity contribution in [3.8, 4) is 0 Å². The summed E-state index contributed by atoms with van der Waals surface area (Å²) in [4.78, 5) is 0. The molecule has 40 atom stereocenters. The molecule has 0 amide bonds. The molecule has 8 unspecified atom stereocenters. The third kappa shape index (κ3) is 25.2. The third-order valence-electron chi connectivity index (χ3n) is 15.2. The number of ether oxygens (including phenoxy) is 8. The molecule has 96 heavy (non-hydrogen) atoms. The van der Waals surface area contributed by atoms with Gasteiger partial charge in [-0.2, -0.15) is 0 Å². The molecule has 8 saturated heterocycles. The number of hydrogen-bond donors (Lipinski definition) is 39. The van der Waals surface area contributed by atoms with Crippen molar-refractivity contribution in [3.05, 3.63) is 0 Å². The van der Waals surface area contributed by atoms with E-state index in [1.54, 1.807) is 6.92 Å². The summed E-state index contributed by atoms with van der Waals surface area (Å²) in [5, 5.41) is 349. The van der Waals surface area contributed by atoms with E-state index in [2.05, 4.69) is 33.2 Å². The lowest BCUT2D eigenvalue weighted by molar-refractivity contribution is -0.286. The monoisotopic (exact) mass is 1440 g/mol. The quantitative estimate of drug-likeness (QED) is 0.107. The molecule has 0 aromatic rings. The predicted molar refractivity (Wildman–Crippen MR) is 291 cm³/mol. The van der Waals surface area contributed by atoms with E-state index < -0.39 is 292 Å². The Labute approximate surface area is 541 Å². The van der Waals surface area contributed by atoms with Gasteiger partial charge in [0.1, 0.15) is 195 Å². The van der Waals surface area contributed by atoms with Gasteiger partial charge in [0, 0.05) is 0 Å². The number of hydrogen-bond acceptors (Lipinski definition) is 47. The summed E-state index contributed by atoms with van der Waals surface area (Å²) in [7, 11) is 0. The molecule has 0 radical (unpaired) electrons. The maximum absolute atomic E-state index is 9.23. The SMILES string of the molecule is CC1O[C@H](CO)[C@H](O)[C@H](O)[C@@H]1O.OC[C@H]1OC(O)[C@@H](O)[C@@H](O)[C@@H]1O.OC[C@H]1OC(O)[C@@H](O)[C@H](O)[C@@H]1O.OC[C@H]1OC(O)[C@@H](O)[C@H](O)[C@H]1O.OC[C@H]1OC(O)[C@H](O)[C@@H](O)[C@@H]1O.OC[C@H]1OC(O)[C@H](O)[C@@H](O)[C@H]1O.OC[C@H]1OC(O)[C@H](O)[C@H](O)[C@@H]1O.OC[C@H]1OC(O)[C@H](O)[C@H](O)[C@H]1O. The van der Waals surface area contributed by atoms with Crippen LogP contribution in [-0.2, 0) is 37.9 Å². The standard InChI is InChI=1S/C7H14O5.7C6H12O6/c1-3-5(9)7(11)6(10)4(2-8)12-3;7*7-1-2-3(8)4(9)5(10)6(11)12-2/h3-11H,2H2,1H3;7*2-11H,1H2/t3?,4-,5-,6+,7-;2-,3+,4+,5-,6?;2-,3+,4-,5+,6?;2-,3+,4-,5-,6?;2-,3-,4+,5+,6?;2-,3-,4+,5-,6?;2-,3-,4-,5+,6?;2-,3-,4-,5-,6?/m11111111/s1. The van der Waals surface area contributed by atoms with Gasteiger partial charge in [-0.05, 0) is 6.92 Å². The molecule has 0 aromatic heterocycles. The Balaban J connectivity index is 0.000000549. The van der Waals surface area contributed by atoms with E-state index in [0.29, 0.717) is 0 Å². The molecule has 8 rings (SSSR count). The molecule has 0 aromatic carbocycles. The Morgan fingerprint density at radius 3 is 0.365 bits per heavy atom. The summed E-state index contributed by atoms with van der Waals surface area (Å²) in [5.41, 5.74) is 0. The van der Waals surface area contributed by atoms with Crippen LogP contribution in [0.15, 0.2) is 0 Å². The predicted octanol–water partition coefficient (Wildman–Crippen LogP) is -24.7. The van der Waals surface area contributed by atoms with Crippen molar-refractivity contribution in [2.24, 2.45) is 0 Å². The Kier molecular flexibility index (Phi) is 42.2. The van der Waals surface area contributed by atoms with Gasteiger partial charge in [0.2, 0.25) is 0 Å². The topological polar surface area (TPSA) is 863 Å². The van der Waals surface area contributed by atoms with Crippen molar-refractivity contribution in [2.75, 3.05) is 52.9 Å². The summed E-state index contributed by atoms with van der Waals surface area (Å²) < 4.78 is 37.1. The fraction of sp³-hybridized carbons (Fsp3) is 1.00. The zero-order valence-electron chi connectivity index (χ0n) is 50.5. The Morgan fingerprint density at radius 2 is 0.250 bits per heavy atom. The molecule has 47 heteroatoms. The lowest BCUT2D eigenvalue weighted by Gasteiger charge is -2.38. The van der Waals surface area contributed by atoms with Gasteiger partial charge in [0.15, 0.2) is 44.0 Å². The second-order valence-corrected chi connectivity index (χ2v) is 22.1. The Bertz CT molecular complexity index is 1580. The molecular formula is C49H98O47. The van der Waals surface area contributed by atoms with Crippen LogP contribution in [0, 0.1) is 0 Å². The Hall–Kier alpha value is -1.88. The van der Waals surface area contributed by atoms with Crippen molar-refractivity contribution in [2.45, 2.75) is 252 Å². The summed E-state index contributed by atoms with van der Waals surface area (Å²) in [5.74, 6) is 0. The first-order valence-corrected chi connectivity index (χ1v) is 28.8.